The number of hydrogen-bond acceptors (Lipinski definition) is 5. The van der Waals surface area contributed by atoms with Gasteiger partial charge in [-0.2, -0.15) is 0 Å². The van der Waals surface area contributed by atoms with E-state index in [0.717, 1.165) is 0 Å². The lowest BCUT2D eigenvalue weighted by molar-refractivity contribution is 0.100. The average Bonchev–Trinajstić information content (AvgIpc) is 2.81. The Balaban J connectivity index is 2.42. The van der Waals surface area contributed by atoms with Gasteiger partial charge in [0.2, 0.25) is 5.88 Å². The van der Waals surface area contributed by atoms with Crippen LogP contribution < -0.4 is 4.74 Å². The van der Waals surface area contributed by atoms with Crippen molar-refractivity contribution >= 4 is 5.78 Å². The third kappa shape index (κ3) is 1.71. The van der Waals surface area contributed by atoms with Gasteiger partial charge in [0.1, 0.15) is 0 Å². The number of aromatic nitrogens is 2. The van der Waals surface area contributed by atoms with Crippen molar-refractivity contribution in [3.63, 3.8) is 0 Å². The van der Waals surface area contributed by atoms with Gasteiger partial charge in [-0.25, -0.2) is 9.97 Å². The summed E-state index contributed by atoms with van der Waals surface area (Å²) in [7, 11) is 1.43. The lowest BCUT2D eigenvalue weighted by atomic mass is 10.2. The van der Waals surface area contributed by atoms with Crippen LogP contribution in [0.5, 0.6) is 5.88 Å². The molecule has 2 aromatic rings. The molecule has 0 aliphatic carbocycles. The first-order valence-corrected chi connectivity index (χ1v) is 4.26. The van der Waals surface area contributed by atoms with E-state index in [9.17, 15) is 4.79 Å². The van der Waals surface area contributed by atoms with Crippen molar-refractivity contribution in [2.75, 3.05) is 7.11 Å². The summed E-state index contributed by atoms with van der Waals surface area (Å²) >= 11 is 0. The first-order valence-electron chi connectivity index (χ1n) is 4.26. The fraction of sp³-hybridized carbons (Fsp3) is 0.100. The van der Waals surface area contributed by atoms with Crippen molar-refractivity contribution in [1.82, 2.24) is 9.97 Å². The summed E-state index contributed by atoms with van der Waals surface area (Å²) in [6, 6.07) is 3.20. The van der Waals surface area contributed by atoms with Crippen LogP contribution >= 0.6 is 0 Å². The van der Waals surface area contributed by atoms with Crippen molar-refractivity contribution in [1.29, 1.82) is 0 Å². The topological polar surface area (TPSA) is 65.2 Å². The predicted octanol–water partition coefficient (Wildman–Crippen LogP) is 1.31. The van der Waals surface area contributed by atoms with Crippen molar-refractivity contribution in [2.45, 2.75) is 0 Å². The second-order valence-corrected chi connectivity index (χ2v) is 2.72. The van der Waals surface area contributed by atoms with Crippen LogP contribution in [0.1, 0.15) is 16.2 Å². The second kappa shape index (κ2) is 3.91. The van der Waals surface area contributed by atoms with E-state index in [4.69, 9.17) is 9.15 Å². The van der Waals surface area contributed by atoms with E-state index in [0.29, 0.717) is 0 Å². The van der Waals surface area contributed by atoms with Crippen LogP contribution in [-0.4, -0.2) is 22.9 Å². The molecule has 2 aromatic heterocycles. The zero-order valence-corrected chi connectivity index (χ0v) is 8.01. The Hall–Kier alpha value is -2.17. The third-order valence-corrected chi connectivity index (χ3v) is 1.82. The molecular formula is C10H8N2O3. The number of carbonyl (C=O) groups excluding carboxylic acids is 1. The van der Waals surface area contributed by atoms with Crippen LogP contribution in [0.4, 0.5) is 0 Å². The molecule has 0 spiro atoms. The molecule has 0 aromatic carbocycles. The minimum absolute atomic E-state index is 0.148. The van der Waals surface area contributed by atoms with Crippen LogP contribution in [0.15, 0.2) is 35.2 Å². The molecule has 0 bridgehead atoms. The Labute approximate surface area is 85.7 Å². The molecule has 0 aliphatic rings. The fourth-order valence-corrected chi connectivity index (χ4v) is 1.15. The zero-order chi connectivity index (χ0) is 10.7. The number of furan rings is 1. The highest BCUT2D eigenvalue weighted by atomic mass is 16.5. The molecule has 0 radical (unpaired) electrons. The van der Waals surface area contributed by atoms with Crippen molar-refractivity contribution in [2.24, 2.45) is 0 Å². The van der Waals surface area contributed by atoms with E-state index < -0.39 is 0 Å². The van der Waals surface area contributed by atoms with E-state index in [1.54, 1.807) is 12.1 Å². The highest BCUT2D eigenvalue weighted by molar-refractivity contribution is 6.07. The van der Waals surface area contributed by atoms with Gasteiger partial charge in [-0.1, -0.05) is 0 Å². The first kappa shape index (κ1) is 9.39. The van der Waals surface area contributed by atoms with Gasteiger partial charge in [0.15, 0.2) is 11.5 Å². The molecule has 0 atom stereocenters. The quantitative estimate of drug-likeness (QED) is 0.705. The van der Waals surface area contributed by atoms with Gasteiger partial charge in [-0.15, -0.1) is 0 Å². The highest BCUT2D eigenvalue weighted by Crippen LogP contribution is 2.15. The number of carbonyl (C=O) groups is 1. The smallest absolute Gasteiger partial charge is 0.252 e. The van der Waals surface area contributed by atoms with Crippen LogP contribution in [0, 0.1) is 0 Å². The zero-order valence-electron chi connectivity index (χ0n) is 8.01. The summed E-state index contributed by atoms with van der Waals surface area (Å²) in [6.45, 7) is 0. The number of ketones is 1. The average molecular weight is 204 g/mol. The standard InChI is InChI=1S/C10H8N2O3/c1-14-10-8(11-4-5-12-10)9(13)7-3-2-6-15-7/h2-6H,1H3. The van der Waals surface area contributed by atoms with Gasteiger partial charge in [0.25, 0.3) is 5.78 Å². The molecule has 76 valence electrons. The van der Waals surface area contributed by atoms with E-state index in [1.807, 2.05) is 0 Å². The Bertz CT molecular complexity index is 465. The number of ether oxygens (including phenoxy) is 1. The maximum atomic E-state index is 11.8. The third-order valence-electron chi connectivity index (χ3n) is 1.82. The van der Waals surface area contributed by atoms with Gasteiger partial charge >= 0.3 is 0 Å². The van der Waals surface area contributed by atoms with Crippen molar-refractivity contribution in [3.05, 3.63) is 42.2 Å². The van der Waals surface area contributed by atoms with E-state index >= 15 is 0 Å². The Morgan fingerprint density at radius 2 is 2.20 bits per heavy atom. The molecule has 5 nitrogen and oxygen atoms in total. The van der Waals surface area contributed by atoms with Crippen LogP contribution in [0.3, 0.4) is 0 Å². The van der Waals surface area contributed by atoms with Crippen LogP contribution in [-0.2, 0) is 0 Å². The molecule has 2 rings (SSSR count). The van der Waals surface area contributed by atoms with Crippen molar-refractivity contribution in [3.8, 4) is 5.88 Å². The van der Waals surface area contributed by atoms with Crippen LogP contribution in [0.25, 0.3) is 0 Å². The van der Waals surface area contributed by atoms with E-state index in [1.165, 1.54) is 25.8 Å². The van der Waals surface area contributed by atoms with E-state index in [2.05, 4.69) is 9.97 Å². The maximum absolute atomic E-state index is 11.8. The summed E-state index contributed by atoms with van der Waals surface area (Å²) < 4.78 is 9.90. The summed E-state index contributed by atoms with van der Waals surface area (Å²) in [5.41, 5.74) is 0.148. The largest absolute Gasteiger partial charge is 0.479 e. The SMILES string of the molecule is COc1nccnc1C(=O)c1ccco1. The first-order chi connectivity index (χ1) is 7.33. The summed E-state index contributed by atoms with van der Waals surface area (Å²) in [5.74, 6) is 0.0673. The fourth-order valence-electron chi connectivity index (χ4n) is 1.15. The van der Waals surface area contributed by atoms with E-state index in [-0.39, 0.29) is 23.1 Å². The van der Waals surface area contributed by atoms with Gasteiger partial charge in [0.05, 0.1) is 13.4 Å². The number of hydrogen-bond donors (Lipinski definition) is 0. The lowest BCUT2D eigenvalue weighted by Crippen LogP contribution is -2.06. The molecule has 0 unspecified atom stereocenters. The van der Waals surface area contributed by atoms with Crippen molar-refractivity contribution < 1.29 is 13.9 Å². The molecule has 2 heterocycles. The summed E-state index contributed by atoms with van der Waals surface area (Å²) in [6.07, 6.45) is 4.31. The Morgan fingerprint density at radius 1 is 1.40 bits per heavy atom. The number of nitrogens with zero attached hydrogens (tertiary/aromatic N) is 2. The monoisotopic (exact) mass is 204 g/mol. The molecule has 0 N–H and O–H groups in total. The normalized spacial score (nSPS) is 9.93. The minimum Gasteiger partial charge on any atom is -0.479 e. The maximum Gasteiger partial charge on any atom is 0.252 e. The molecule has 15 heavy (non-hydrogen) atoms. The number of rotatable bonds is 3. The van der Waals surface area contributed by atoms with Gasteiger partial charge < -0.3 is 9.15 Å². The number of methoxy groups -OCH3 is 1. The Morgan fingerprint density at radius 3 is 2.87 bits per heavy atom. The summed E-state index contributed by atoms with van der Waals surface area (Å²) in [5, 5.41) is 0. The summed E-state index contributed by atoms with van der Waals surface area (Å²) in [4.78, 5) is 19.6. The molecule has 5 heteroatoms. The van der Waals surface area contributed by atoms with Gasteiger partial charge in [0, 0.05) is 12.4 Å². The highest BCUT2D eigenvalue weighted by Gasteiger charge is 2.18. The minimum atomic E-state index is -0.343. The predicted molar refractivity (Wildman–Crippen MR) is 50.7 cm³/mol. The lowest BCUT2D eigenvalue weighted by Gasteiger charge is -2.02. The van der Waals surface area contributed by atoms with Gasteiger partial charge in [-0.05, 0) is 12.1 Å². The molecule has 0 saturated carbocycles. The molecule has 0 saturated heterocycles. The molecular weight excluding hydrogens is 196 g/mol. The molecule has 0 amide bonds. The Kier molecular flexibility index (Phi) is 2.45. The van der Waals surface area contributed by atoms with Crippen LogP contribution in [0.2, 0.25) is 0 Å². The second-order valence-electron chi connectivity index (χ2n) is 2.72. The van der Waals surface area contributed by atoms with Gasteiger partial charge in [-0.3, -0.25) is 4.79 Å². The molecule has 0 aliphatic heterocycles. The molecule has 0 fully saturated rings.